The van der Waals surface area contributed by atoms with Crippen LogP contribution in [0.1, 0.15) is 44.9 Å². The molecule has 2 aromatic rings. The fraction of sp³-hybridized carbons (Fsp3) is 0.500. The number of hydrogen-bond acceptors (Lipinski definition) is 3. The zero-order chi connectivity index (χ0) is 23.8. The van der Waals surface area contributed by atoms with Crippen LogP contribution >= 0.6 is 0 Å². The fourth-order valence-electron chi connectivity index (χ4n) is 4.07. The summed E-state index contributed by atoms with van der Waals surface area (Å²) in [6.07, 6.45) is 7.51. The lowest BCUT2D eigenvalue weighted by atomic mass is 9.95. The summed E-state index contributed by atoms with van der Waals surface area (Å²) in [5, 5.41) is 0. The summed E-state index contributed by atoms with van der Waals surface area (Å²) in [6, 6.07) is 3.39. The van der Waals surface area contributed by atoms with Crippen LogP contribution in [0.25, 0.3) is 0 Å². The summed E-state index contributed by atoms with van der Waals surface area (Å²) < 4.78 is 90.8. The van der Waals surface area contributed by atoms with Crippen LogP contribution in [0.15, 0.2) is 24.3 Å². The smallest absolute Gasteiger partial charge is 0.194 e. The molecule has 0 amide bonds. The second-order valence-electron chi connectivity index (χ2n) is 8.13. The van der Waals surface area contributed by atoms with Gasteiger partial charge in [0.1, 0.15) is 24.7 Å². The van der Waals surface area contributed by atoms with Gasteiger partial charge in [0.25, 0.3) is 0 Å². The molecular weight excluding hydrogens is 448 g/mol. The highest BCUT2D eigenvalue weighted by atomic mass is 19.2. The molecule has 0 aromatic heterocycles. The number of benzene rings is 2. The molecule has 0 saturated heterocycles. The first-order valence-corrected chi connectivity index (χ1v) is 11.1. The third-order valence-electron chi connectivity index (χ3n) is 5.80. The molecule has 0 unspecified atom stereocenters. The summed E-state index contributed by atoms with van der Waals surface area (Å²) in [4.78, 5) is 2.11. The highest BCUT2D eigenvalue weighted by Gasteiger charge is 2.20. The first kappa shape index (κ1) is 25.2. The zero-order valence-electron chi connectivity index (χ0n) is 18.2. The van der Waals surface area contributed by atoms with Crippen molar-refractivity contribution >= 4 is 0 Å². The van der Waals surface area contributed by atoms with Gasteiger partial charge in [-0.2, -0.15) is 0 Å². The molecule has 1 aliphatic carbocycles. The fourth-order valence-corrected chi connectivity index (χ4v) is 4.07. The first-order chi connectivity index (χ1) is 15.8. The van der Waals surface area contributed by atoms with Gasteiger partial charge in [-0.1, -0.05) is 32.1 Å². The van der Waals surface area contributed by atoms with Gasteiger partial charge in [0.2, 0.25) is 0 Å². The minimum Gasteiger partial charge on any atom is -0.492 e. The van der Waals surface area contributed by atoms with E-state index < -0.39 is 34.9 Å². The topological polar surface area (TPSA) is 21.7 Å². The van der Waals surface area contributed by atoms with Gasteiger partial charge in [-0.25, -0.2) is 26.3 Å². The Labute approximate surface area is 189 Å². The lowest BCUT2D eigenvalue weighted by molar-refractivity contribution is 0.116. The van der Waals surface area contributed by atoms with Gasteiger partial charge in [-0.05, 0) is 12.8 Å². The molecule has 0 spiro atoms. The van der Waals surface area contributed by atoms with Crippen LogP contribution < -0.4 is 9.47 Å². The van der Waals surface area contributed by atoms with E-state index in [-0.39, 0.29) is 30.8 Å². The number of ether oxygens (including phenoxy) is 2. The maximum absolute atomic E-state index is 13.4. The van der Waals surface area contributed by atoms with Crippen molar-refractivity contribution in [2.75, 3.05) is 26.3 Å². The van der Waals surface area contributed by atoms with Gasteiger partial charge >= 0.3 is 0 Å². The molecule has 0 heterocycles. The normalized spacial score (nSPS) is 15.4. The predicted molar refractivity (Wildman–Crippen MR) is 111 cm³/mol. The van der Waals surface area contributed by atoms with Crippen molar-refractivity contribution in [1.29, 1.82) is 0 Å². The van der Waals surface area contributed by atoms with Crippen LogP contribution in [-0.4, -0.2) is 37.2 Å². The zero-order valence-corrected chi connectivity index (χ0v) is 18.2. The first-order valence-electron chi connectivity index (χ1n) is 11.1. The van der Waals surface area contributed by atoms with Crippen molar-refractivity contribution in [2.24, 2.45) is 0 Å². The summed E-state index contributed by atoms with van der Waals surface area (Å²) in [5.41, 5.74) is 0. The van der Waals surface area contributed by atoms with Crippen molar-refractivity contribution in [1.82, 2.24) is 4.90 Å². The highest BCUT2D eigenvalue weighted by molar-refractivity contribution is 5.25. The molecule has 2 aromatic carbocycles. The van der Waals surface area contributed by atoms with E-state index in [0.29, 0.717) is 13.1 Å². The molecule has 0 atom stereocenters. The predicted octanol–water partition coefficient (Wildman–Crippen LogP) is 6.39. The molecule has 1 aliphatic rings. The molecule has 1 fully saturated rings. The van der Waals surface area contributed by atoms with Gasteiger partial charge in [0.15, 0.2) is 34.9 Å². The van der Waals surface area contributed by atoms with Gasteiger partial charge in [0.05, 0.1) is 0 Å². The largest absolute Gasteiger partial charge is 0.492 e. The summed E-state index contributed by atoms with van der Waals surface area (Å²) >= 11 is 0. The maximum atomic E-state index is 13.4. The second kappa shape index (κ2) is 12.2. The van der Waals surface area contributed by atoms with Crippen LogP contribution in [0.5, 0.6) is 11.5 Å². The molecule has 1 saturated carbocycles. The quantitative estimate of drug-likeness (QED) is 0.310. The average Bonchev–Trinajstić information content (AvgIpc) is 2.74. The number of halogens is 6. The minimum atomic E-state index is -1.55. The van der Waals surface area contributed by atoms with Crippen LogP contribution in [0.4, 0.5) is 26.3 Å². The van der Waals surface area contributed by atoms with E-state index in [1.165, 1.54) is 6.42 Å². The van der Waals surface area contributed by atoms with Gasteiger partial charge in [-0.3, -0.25) is 4.90 Å². The summed E-state index contributed by atoms with van der Waals surface area (Å²) in [7, 11) is 0. The van der Waals surface area contributed by atoms with Gasteiger partial charge in [0, 0.05) is 43.4 Å². The van der Waals surface area contributed by atoms with Crippen LogP contribution in [-0.2, 0) is 0 Å². The van der Waals surface area contributed by atoms with Crippen LogP contribution in [0, 0.1) is 34.9 Å². The standard InChI is InChI=1S/C24H27F6NO2/c25-19-12-17(13-20(26)23(19)29)32-10-8-31(16-6-4-2-1-3-5-7-16)9-11-33-18-14-21(27)24(30)22(28)15-18/h12-16H,1-11H2. The van der Waals surface area contributed by atoms with E-state index in [0.717, 1.165) is 62.8 Å². The maximum Gasteiger partial charge on any atom is 0.194 e. The van der Waals surface area contributed by atoms with Crippen LogP contribution in [0.2, 0.25) is 0 Å². The number of rotatable bonds is 9. The molecule has 182 valence electrons. The Morgan fingerprint density at radius 1 is 0.606 bits per heavy atom. The summed E-state index contributed by atoms with van der Waals surface area (Å²) in [5.74, 6) is -8.63. The lowest BCUT2D eigenvalue weighted by Gasteiger charge is -2.33. The average molecular weight is 475 g/mol. The lowest BCUT2D eigenvalue weighted by Crippen LogP contribution is -2.41. The number of hydrogen-bond donors (Lipinski definition) is 0. The Balaban J connectivity index is 1.60. The third kappa shape index (κ3) is 7.28. The molecule has 0 N–H and O–H groups in total. The SMILES string of the molecule is Fc1cc(OCCN(CCOc2cc(F)c(F)c(F)c2)C2CCCCCCC2)cc(F)c1F. The van der Waals surface area contributed by atoms with E-state index in [1.54, 1.807) is 0 Å². The molecule has 9 heteroatoms. The van der Waals surface area contributed by atoms with Crippen molar-refractivity contribution < 1.29 is 35.8 Å². The third-order valence-corrected chi connectivity index (χ3v) is 5.80. The molecule has 0 radical (unpaired) electrons. The molecule has 0 bridgehead atoms. The van der Waals surface area contributed by atoms with Crippen LogP contribution in [0.3, 0.4) is 0 Å². The summed E-state index contributed by atoms with van der Waals surface area (Å²) in [6.45, 7) is 1.00. The van der Waals surface area contributed by atoms with Gasteiger partial charge in [-0.15, -0.1) is 0 Å². The van der Waals surface area contributed by atoms with E-state index >= 15 is 0 Å². The van der Waals surface area contributed by atoms with Gasteiger partial charge < -0.3 is 9.47 Å². The van der Waals surface area contributed by atoms with E-state index in [9.17, 15) is 26.3 Å². The highest BCUT2D eigenvalue weighted by Crippen LogP contribution is 2.23. The Morgan fingerprint density at radius 3 is 1.36 bits per heavy atom. The Kier molecular flexibility index (Phi) is 9.29. The van der Waals surface area contributed by atoms with Crippen molar-refractivity contribution in [3.05, 3.63) is 59.2 Å². The van der Waals surface area contributed by atoms with Crippen molar-refractivity contribution in [3.63, 3.8) is 0 Å². The Hall–Kier alpha value is -2.42. The minimum absolute atomic E-state index is 0.0980. The molecular formula is C24H27F6NO2. The molecule has 33 heavy (non-hydrogen) atoms. The van der Waals surface area contributed by atoms with Crippen molar-refractivity contribution in [3.8, 4) is 11.5 Å². The molecule has 0 aliphatic heterocycles. The Bertz CT molecular complexity index is 808. The Morgan fingerprint density at radius 2 is 0.970 bits per heavy atom. The molecule has 3 rings (SSSR count). The van der Waals surface area contributed by atoms with E-state index in [4.69, 9.17) is 9.47 Å². The van der Waals surface area contributed by atoms with Crippen molar-refractivity contribution in [2.45, 2.75) is 51.0 Å². The molecule has 3 nitrogen and oxygen atoms in total. The van der Waals surface area contributed by atoms with E-state index in [1.807, 2.05) is 0 Å². The monoisotopic (exact) mass is 475 g/mol. The second-order valence-corrected chi connectivity index (χ2v) is 8.13. The number of nitrogens with zero attached hydrogens (tertiary/aromatic N) is 1. The van der Waals surface area contributed by atoms with E-state index in [2.05, 4.69) is 4.90 Å².